The molecule has 0 aromatic carbocycles. The standard InChI is InChI=1S/C18H16BrF3N6O2/c19-10-3-5-23-14(7-10)26-17(30)28-11-4-6-27(8-11)13-2-1-12(25-15(13)28)16(29)24-9-18(20,21)22/h1-3,5,7,11H,4,6,8-9H2,(H,24,29)(H,23,26,30). The van der Waals surface area contributed by atoms with E-state index in [1.54, 1.807) is 23.5 Å². The molecule has 2 aliphatic rings. The van der Waals surface area contributed by atoms with E-state index in [1.807, 2.05) is 4.90 Å². The number of alkyl halides is 3. The van der Waals surface area contributed by atoms with Gasteiger partial charge >= 0.3 is 12.2 Å². The van der Waals surface area contributed by atoms with E-state index in [0.29, 0.717) is 31.0 Å². The minimum Gasteiger partial charge on any atom is -0.366 e. The van der Waals surface area contributed by atoms with Crippen molar-refractivity contribution < 1.29 is 22.8 Å². The van der Waals surface area contributed by atoms with Crippen LogP contribution in [0.1, 0.15) is 16.9 Å². The molecule has 1 fully saturated rings. The molecule has 8 nitrogen and oxygen atoms in total. The van der Waals surface area contributed by atoms with E-state index in [1.165, 1.54) is 17.2 Å². The van der Waals surface area contributed by atoms with Crippen molar-refractivity contribution in [3.05, 3.63) is 40.6 Å². The van der Waals surface area contributed by atoms with Gasteiger partial charge in [0.05, 0.1) is 11.7 Å². The number of rotatable bonds is 3. The van der Waals surface area contributed by atoms with Gasteiger partial charge in [0.2, 0.25) is 0 Å². The Bertz CT molecular complexity index is 1000. The van der Waals surface area contributed by atoms with Crippen LogP contribution < -0.4 is 20.4 Å². The molecule has 1 unspecified atom stereocenters. The number of anilines is 3. The van der Waals surface area contributed by atoms with Gasteiger partial charge in [0.1, 0.15) is 18.1 Å². The summed E-state index contributed by atoms with van der Waals surface area (Å²) in [7, 11) is 0. The van der Waals surface area contributed by atoms with E-state index < -0.39 is 24.7 Å². The molecule has 2 bridgehead atoms. The highest BCUT2D eigenvalue weighted by Crippen LogP contribution is 2.39. The smallest absolute Gasteiger partial charge is 0.366 e. The van der Waals surface area contributed by atoms with Crippen LogP contribution >= 0.6 is 15.9 Å². The Kier molecular flexibility index (Phi) is 5.26. The lowest BCUT2D eigenvalue weighted by atomic mass is 10.1. The number of halogens is 4. The maximum absolute atomic E-state index is 13.0. The quantitative estimate of drug-likeness (QED) is 0.698. The van der Waals surface area contributed by atoms with Crippen molar-refractivity contribution in [1.29, 1.82) is 0 Å². The molecule has 3 amide bonds. The number of nitrogens with zero attached hydrogens (tertiary/aromatic N) is 4. The normalized spacial score (nSPS) is 17.5. The minimum atomic E-state index is -4.53. The zero-order chi connectivity index (χ0) is 21.5. The monoisotopic (exact) mass is 484 g/mol. The molecule has 4 heterocycles. The van der Waals surface area contributed by atoms with Crippen molar-refractivity contribution in [3.63, 3.8) is 0 Å². The molecule has 0 saturated carbocycles. The fraction of sp³-hybridized carbons (Fsp3) is 0.333. The van der Waals surface area contributed by atoms with Crippen LogP contribution in [0.25, 0.3) is 0 Å². The Morgan fingerprint density at radius 1 is 1.27 bits per heavy atom. The summed E-state index contributed by atoms with van der Waals surface area (Å²) >= 11 is 3.31. The lowest BCUT2D eigenvalue weighted by Crippen LogP contribution is -2.48. The van der Waals surface area contributed by atoms with Gasteiger partial charge < -0.3 is 10.2 Å². The fourth-order valence-electron chi connectivity index (χ4n) is 3.51. The van der Waals surface area contributed by atoms with E-state index >= 15 is 0 Å². The van der Waals surface area contributed by atoms with Gasteiger partial charge in [0, 0.05) is 23.8 Å². The second kappa shape index (κ2) is 7.74. The summed E-state index contributed by atoms with van der Waals surface area (Å²) in [5.74, 6) is -0.400. The number of aromatic nitrogens is 2. The zero-order valence-corrected chi connectivity index (χ0v) is 17.0. The topological polar surface area (TPSA) is 90.5 Å². The van der Waals surface area contributed by atoms with E-state index in [2.05, 4.69) is 31.2 Å². The summed E-state index contributed by atoms with van der Waals surface area (Å²) in [6.07, 6.45) is -2.30. The summed E-state index contributed by atoms with van der Waals surface area (Å²) in [5, 5.41) is 4.51. The molecule has 12 heteroatoms. The molecule has 30 heavy (non-hydrogen) atoms. The molecule has 4 rings (SSSR count). The highest BCUT2D eigenvalue weighted by Gasteiger charge is 2.40. The number of nitrogens with one attached hydrogen (secondary N) is 2. The SMILES string of the molecule is O=C(NCC(F)(F)F)c1ccc2c(n1)N(C(=O)Nc1cc(Br)ccn1)C1CCN2C1. The number of carbonyl (C=O) groups excluding carboxylic acids is 2. The first kappa shape index (κ1) is 20.4. The largest absolute Gasteiger partial charge is 0.405 e. The molecule has 2 aromatic heterocycles. The summed E-state index contributed by atoms with van der Waals surface area (Å²) in [5.41, 5.74) is 0.451. The van der Waals surface area contributed by atoms with E-state index in [-0.39, 0.29) is 17.6 Å². The Labute approximate surface area is 177 Å². The molecular formula is C18H16BrF3N6O2. The van der Waals surface area contributed by atoms with Crippen molar-refractivity contribution >= 4 is 45.2 Å². The first-order valence-corrected chi connectivity index (χ1v) is 9.83. The molecule has 0 aliphatic carbocycles. The third-order valence-electron chi connectivity index (χ3n) is 4.81. The maximum Gasteiger partial charge on any atom is 0.405 e. The van der Waals surface area contributed by atoms with Crippen LogP contribution in [0.2, 0.25) is 0 Å². The van der Waals surface area contributed by atoms with Crippen LogP contribution in [0.15, 0.2) is 34.9 Å². The van der Waals surface area contributed by atoms with Crippen LogP contribution in [0.4, 0.5) is 35.3 Å². The zero-order valence-electron chi connectivity index (χ0n) is 15.4. The highest BCUT2D eigenvalue weighted by molar-refractivity contribution is 9.10. The third kappa shape index (κ3) is 4.18. The molecule has 1 atom stereocenters. The van der Waals surface area contributed by atoms with E-state index in [4.69, 9.17) is 0 Å². The molecule has 2 aliphatic heterocycles. The van der Waals surface area contributed by atoms with Gasteiger partial charge in [-0.05, 0) is 30.7 Å². The summed E-state index contributed by atoms with van der Waals surface area (Å²) in [6, 6.07) is 5.66. The van der Waals surface area contributed by atoms with Gasteiger partial charge in [0.25, 0.3) is 5.91 Å². The Morgan fingerprint density at radius 2 is 2.07 bits per heavy atom. The second-order valence-corrected chi connectivity index (χ2v) is 7.80. The summed E-state index contributed by atoms with van der Waals surface area (Å²) in [6.45, 7) is -0.149. The van der Waals surface area contributed by atoms with Gasteiger partial charge in [-0.15, -0.1) is 0 Å². The van der Waals surface area contributed by atoms with Gasteiger partial charge in [0.15, 0.2) is 5.82 Å². The Hall–Kier alpha value is -2.89. The summed E-state index contributed by atoms with van der Waals surface area (Å²) in [4.78, 5) is 37.0. The number of carbonyl (C=O) groups is 2. The first-order valence-electron chi connectivity index (χ1n) is 9.04. The predicted molar refractivity (Wildman–Crippen MR) is 107 cm³/mol. The van der Waals surface area contributed by atoms with Crippen LogP contribution in [-0.4, -0.2) is 53.8 Å². The van der Waals surface area contributed by atoms with Crippen molar-refractivity contribution in [1.82, 2.24) is 15.3 Å². The number of fused-ring (bicyclic) bond motifs is 4. The molecule has 2 N–H and O–H groups in total. The van der Waals surface area contributed by atoms with Crippen molar-refractivity contribution in [3.8, 4) is 0 Å². The van der Waals surface area contributed by atoms with Crippen LogP contribution in [0, 0.1) is 0 Å². The highest BCUT2D eigenvalue weighted by atomic mass is 79.9. The number of amides is 3. The van der Waals surface area contributed by atoms with Gasteiger partial charge in [-0.2, -0.15) is 13.2 Å². The van der Waals surface area contributed by atoms with Crippen LogP contribution in [0.5, 0.6) is 0 Å². The molecule has 1 saturated heterocycles. The van der Waals surface area contributed by atoms with Crippen molar-refractivity contribution in [2.45, 2.75) is 18.6 Å². The summed E-state index contributed by atoms with van der Waals surface area (Å²) < 4.78 is 38.0. The number of hydrogen-bond acceptors (Lipinski definition) is 5. The van der Waals surface area contributed by atoms with E-state index in [9.17, 15) is 22.8 Å². The Balaban J connectivity index is 1.62. The van der Waals surface area contributed by atoms with Gasteiger partial charge in [-0.25, -0.2) is 14.8 Å². The van der Waals surface area contributed by atoms with Gasteiger partial charge in [-0.3, -0.25) is 15.0 Å². The molecular weight excluding hydrogens is 469 g/mol. The number of pyridine rings is 2. The lowest BCUT2D eigenvalue weighted by Gasteiger charge is -2.35. The third-order valence-corrected chi connectivity index (χ3v) is 5.30. The van der Waals surface area contributed by atoms with Crippen molar-refractivity contribution in [2.24, 2.45) is 0 Å². The van der Waals surface area contributed by atoms with E-state index in [0.717, 1.165) is 4.47 Å². The second-order valence-electron chi connectivity index (χ2n) is 6.89. The van der Waals surface area contributed by atoms with Gasteiger partial charge in [-0.1, -0.05) is 15.9 Å². The number of urea groups is 1. The lowest BCUT2D eigenvalue weighted by molar-refractivity contribution is -0.123. The molecule has 0 spiro atoms. The Morgan fingerprint density at radius 3 is 2.80 bits per heavy atom. The predicted octanol–water partition coefficient (Wildman–Crippen LogP) is 3.16. The molecule has 0 radical (unpaired) electrons. The first-order chi connectivity index (χ1) is 14.2. The number of hydrogen-bond donors (Lipinski definition) is 2. The molecule has 2 aromatic rings. The average molecular weight is 485 g/mol. The minimum absolute atomic E-state index is 0.175. The van der Waals surface area contributed by atoms with Crippen LogP contribution in [0.3, 0.4) is 0 Å². The van der Waals surface area contributed by atoms with Crippen LogP contribution in [-0.2, 0) is 0 Å². The average Bonchev–Trinajstić information content (AvgIpc) is 3.09. The molecule has 158 valence electrons. The van der Waals surface area contributed by atoms with Crippen molar-refractivity contribution in [2.75, 3.05) is 34.8 Å². The fourth-order valence-corrected chi connectivity index (χ4v) is 3.85. The maximum atomic E-state index is 13.0.